The summed E-state index contributed by atoms with van der Waals surface area (Å²) in [6, 6.07) is 3.95. The number of imidazole rings is 1. The Balaban J connectivity index is 2.12. The van der Waals surface area contributed by atoms with E-state index in [4.69, 9.17) is 16.7 Å². The lowest BCUT2D eigenvalue weighted by Crippen LogP contribution is -2.35. The molecule has 1 aromatic carbocycles. The average Bonchev–Trinajstić information content (AvgIpc) is 2.90. The van der Waals surface area contributed by atoms with Crippen molar-refractivity contribution in [1.82, 2.24) is 14.3 Å². The first-order chi connectivity index (χ1) is 9.92. The molecule has 1 atom stereocenters. The number of aliphatic hydroxyl groups excluding tert-OH is 1. The summed E-state index contributed by atoms with van der Waals surface area (Å²) in [4.78, 5) is 3.98. The van der Waals surface area contributed by atoms with Crippen molar-refractivity contribution >= 4 is 21.6 Å². The molecule has 114 valence electrons. The van der Waals surface area contributed by atoms with Gasteiger partial charge >= 0.3 is 0 Å². The average molecular weight is 330 g/mol. The molecule has 0 radical (unpaired) electrons. The summed E-state index contributed by atoms with van der Waals surface area (Å²) in [5.41, 5.74) is 0.488. The maximum Gasteiger partial charge on any atom is 0.240 e. The summed E-state index contributed by atoms with van der Waals surface area (Å²) in [6.07, 6.45) is 5.02. The number of nitrogens with one attached hydrogen (secondary N) is 1. The zero-order valence-corrected chi connectivity index (χ0v) is 13.0. The third-order valence-corrected chi connectivity index (χ3v) is 4.84. The van der Waals surface area contributed by atoms with Gasteiger partial charge in [-0.1, -0.05) is 17.7 Å². The van der Waals surface area contributed by atoms with Gasteiger partial charge in [0.1, 0.15) is 0 Å². The SMILES string of the molecule is CC(Cn1ccnc1)NS(=O)(=O)c1ccc(CO)c(Cl)c1. The molecule has 0 aliphatic heterocycles. The fraction of sp³-hybridized carbons (Fsp3) is 0.308. The van der Waals surface area contributed by atoms with Crippen molar-refractivity contribution in [2.45, 2.75) is 31.0 Å². The number of hydrogen-bond donors (Lipinski definition) is 2. The summed E-state index contributed by atoms with van der Waals surface area (Å²) in [6.45, 7) is 2.01. The van der Waals surface area contributed by atoms with Crippen LogP contribution in [0.5, 0.6) is 0 Å². The van der Waals surface area contributed by atoms with E-state index in [9.17, 15) is 8.42 Å². The van der Waals surface area contributed by atoms with Crippen LogP contribution in [0.15, 0.2) is 41.8 Å². The predicted octanol–water partition coefficient (Wildman–Crippen LogP) is 1.40. The van der Waals surface area contributed by atoms with Crippen molar-refractivity contribution in [3.05, 3.63) is 47.5 Å². The van der Waals surface area contributed by atoms with E-state index in [2.05, 4.69) is 9.71 Å². The Kier molecular flexibility index (Phi) is 5.00. The number of benzene rings is 1. The molecular weight excluding hydrogens is 314 g/mol. The molecule has 8 heteroatoms. The van der Waals surface area contributed by atoms with Crippen LogP contribution in [0.25, 0.3) is 0 Å². The molecule has 21 heavy (non-hydrogen) atoms. The Labute approximate surface area is 128 Å². The van der Waals surface area contributed by atoms with Gasteiger partial charge in [-0.05, 0) is 24.6 Å². The highest BCUT2D eigenvalue weighted by atomic mass is 35.5. The summed E-state index contributed by atoms with van der Waals surface area (Å²) in [5, 5.41) is 9.27. The van der Waals surface area contributed by atoms with Gasteiger partial charge in [0, 0.05) is 30.0 Å². The smallest absolute Gasteiger partial charge is 0.240 e. The second kappa shape index (κ2) is 6.57. The molecule has 0 aliphatic carbocycles. The molecule has 2 rings (SSSR count). The van der Waals surface area contributed by atoms with E-state index < -0.39 is 10.0 Å². The van der Waals surface area contributed by atoms with Crippen molar-refractivity contribution in [2.75, 3.05) is 0 Å². The number of nitrogens with zero attached hydrogens (tertiary/aromatic N) is 2. The molecule has 0 spiro atoms. The molecule has 0 saturated carbocycles. The number of rotatable bonds is 6. The third-order valence-electron chi connectivity index (χ3n) is 2.91. The van der Waals surface area contributed by atoms with Crippen molar-refractivity contribution in [1.29, 1.82) is 0 Å². The predicted molar refractivity (Wildman–Crippen MR) is 79.4 cm³/mol. The molecule has 0 aliphatic rings. The van der Waals surface area contributed by atoms with E-state index in [1.165, 1.54) is 18.2 Å². The van der Waals surface area contributed by atoms with Crippen molar-refractivity contribution in [3.63, 3.8) is 0 Å². The standard InChI is InChI=1S/C13H16ClN3O3S/c1-10(7-17-5-4-15-9-17)16-21(19,20)12-3-2-11(8-18)13(14)6-12/h2-6,9-10,16,18H,7-8H2,1H3. The largest absolute Gasteiger partial charge is 0.392 e. The van der Waals surface area contributed by atoms with E-state index in [1.807, 2.05) is 0 Å². The third kappa shape index (κ3) is 4.04. The molecule has 2 N–H and O–H groups in total. The molecule has 1 aromatic heterocycles. The highest BCUT2D eigenvalue weighted by Crippen LogP contribution is 2.21. The topological polar surface area (TPSA) is 84.2 Å². The Morgan fingerprint density at radius 1 is 1.48 bits per heavy atom. The zero-order valence-electron chi connectivity index (χ0n) is 11.4. The molecule has 1 heterocycles. The normalized spacial score (nSPS) is 13.3. The highest BCUT2D eigenvalue weighted by Gasteiger charge is 2.18. The lowest BCUT2D eigenvalue weighted by atomic mass is 10.2. The minimum absolute atomic E-state index is 0.0715. The van der Waals surface area contributed by atoms with Gasteiger partial charge in [-0.2, -0.15) is 0 Å². The molecule has 2 aromatic rings. The monoisotopic (exact) mass is 329 g/mol. The van der Waals surface area contributed by atoms with E-state index in [0.717, 1.165) is 0 Å². The second-order valence-corrected chi connectivity index (χ2v) is 6.81. The van der Waals surface area contributed by atoms with Crippen LogP contribution in [0.3, 0.4) is 0 Å². The lowest BCUT2D eigenvalue weighted by molar-refractivity contribution is 0.282. The van der Waals surface area contributed by atoms with Crippen molar-refractivity contribution in [3.8, 4) is 0 Å². The van der Waals surface area contributed by atoms with Crippen LogP contribution in [-0.2, 0) is 23.2 Å². The summed E-state index contributed by atoms with van der Waals surface area (Å²) < 4.78 is 28.9. The first-order valence-electron chi connectivity index (χ1n) is 6.30. The maximum absolute atomic E-state index is 12.3. The number of halogens is 1. The van der Waals surface area contributed by atoms with E-state index in [0.29, 0.717) is 12.1 Å². The molecular formula is C13H16ClN3O3S. The van der Waals surface area contributed by atoms with Gasteiger partial charge in [0.25, 0.3) is 0 Å². The summed E-state index contributed by atoms with van der Waals surface area (Å²) >= 11 is 5.92. The minimum atomic E-state index is -3.66. The Bertz CT molecular complexity index is 701. The fourth-order valence-electron chi connectivity index (χ4n) is 1.90. The molecule has 6 nitrogen and oxygen atoms in total. The Hall–Kier alpha value is -1.41. The van der Waals surface area contributed by atoms with Crippen molar-refractivity contribution in [2.24, 2.45) is 0 Å². The van der Waals surface area contributed by atoms with Crippen LogP contribution in [0, 0.1) is 0 Å². The van der Waals surface area contributed by atoms with E-state index in [1.54, 1.807) is 30.2 Å². The van der Waals surface area contributed by atoms with E-state index in [-0.39, 0.29) is 22.6 Å². The van der Waals surface area contributed by atoms with Gasteiger partial charge in [0.15, 0.2) is 0 Å². The highest BCUT2D eigenvalue weighted by molar-refractivity contribution is 7.89. The summed E-state index contributed by atoms with van der Waals surface area (Å²) in [5.74, 6) is 0. The van der Waals surface area contributed by atoms with E-state index >= 15 is 0 Å². The Morgan fingerprint density at radius 2 is 2.24 bits per heavy atom. The number of aliphatic hydroxyl groups is 1. The van der Waals surface area contributed by atoms with Crippen LogP contribution in [0.4, 0.5) is 0 Å². The molecule has 0 fully saturated rings. The fourth-order valence-corrected chi connectivity index (χ4v) is 3.47. The van der Waals surface area contributed by atoms with Crippen LogP contribution < -0.4 is 4.72 Å². The van der Waals surface area contributed by atoms with Gasteiger partial charge in [0.05, 0.1) is 17.8 Å². The van der Waals surface area contributed by atoms with Gasteiger partial charge in [-0.25, -0.2) is 18.1 Å². The van der Waals surface area contributed by atoms with Crippen LogP contribution in [0.2, 0.25) is 5.02 Å². The minimum Gasteiger partial charge on any atom is -0.392 e. The van der Waals surface area contributed by atoms with Gasteiger partial charge in [-0.15, -0.1) is 0 Å². The number of aromatic nitrogens is 2. The number of hydrogen-bond acceptors (Lipinski definition) is 4. The van der Waals surface area contributed by atoms with Crippen LogP contribution >= 0.6 is 11.6 Å². The Morgan fingerprint density at radius 3 is 2.81 bits per heavy atom. The van der Waals surface area contributed by atoms with Gasteiger partial charge in [-0.3, -0.25) is 0 Å². The molecule has 0 saturated heterocycles. The molecule has 0 amide bonds. The van der Waals surface area contributed by atoms with Gasteiger partial charge < -0.3 is 9.67 Å². The van der Waals surface area contributed by atoms with Crippen LogP contribution in [0.1, 0.15) is 12.5 Å². The second-order valence-electron chi connectivity index (χ2n) is 4.69. The lowest BCUT2D eigenvalue weighted by Gasteiger charge is -2.15. The van der Waals surface area contributed by atoms with Crippen LogP contribution in [-0.4, -0.2) is 29.1 Å². The summed E-state index contributed by atoms with van der Waals surface area (Å²) in [7, 11) is -3.66. The first-order valence-corrected chi connectivity index (χ1v) is 8.16. The van der Waals surface area contributed by atoms with Crippen molar-refractivity contribution < 1.29 is 13.5 Å². The maximum atomic E-state index is 12.3. The quantitative estimate of drug-likeness (QED) is 0.839. The molecule has 1 unspecified atom stereocenters. The number of sulfonamides is 1. The first kappa shape index (κ1) is 16.0. The zero-order chi connectivity index (χ0) is 15.5. The molecule has 0 bridgehead atoms. The van der Waals surface area contributed by atoms with Gasteiger partial charge in [0.2, 0.25) is 10.0 Å².